The molecule has 0 bridgehead atoms. The molecule has 1 heterocycles. The fraction of sp³-hybridized carbons (Fsp3) is 0.375. The fourth-order valence-corrected chi connectivity index (χ4v) is 3.15. The minimum Gasteiger partial charge on any atom is -0.361 e. The molecule has 0 radical (unpaired) electrons. The van der Waals surface area contributed by atoms with Crippen molar-refractivity contribution in [3.05, 3.63) is 47.2 Å². The molecule has 18 heavy (non-hydrogen) atoms. The Bertz CT molecular complexity index is 603. The van der Waals surface area contributed by atoms with Crippen LogP contribution >= 0.6 is 0 Å². The van der Waals surface area contributed by atoms with Crippen LogP contribution in [0.2, 0.25) is 0 Å². The third-order valence-corrected chi connectivity index (χ3v) is 3.94. The summed E-state index contributed by atoms with van der Waals surface area (Å²) in [5, 5.41) is 4.91. The van der Waals surface area contributed by atoms with E-state index < -0.39 is 0 Å². The molecule has 2 aromatic rings. The van der Waals surface area contributed by atoms with E-state index >= 15 is 0 Å². The lowest BCUT2D eigenvalue weighted by Crippen LogP contribution is -2.35. The minimum atomic E-state index is 0.479. The Balaban J connectivity index is 2.22. The van der Waals surface area contributed by atoms with Crippen LogP contribution in [0.5, 0.6) is 0 Å². The summed E-state index contributed by atoms with van der Waals surface area (Å²) in [4.78, 5) is 3.39. The first-order valence-electron chi connectivity index (χ1n) is 6.62. The predicted molar refractivity (Wildman–Crippen MR) is 77.0 cm³/mol. The number of rotatable bonds is 2. The molecule has 1 aromatic carbocycles. The molecule has 94 valence electrons. The van der Waals surface area contributed by atoms with Crippen LogP contribution in [0.3, 0.4) is 0 Å². The van der Waals surface area contributed by atoms with Crippen LogP contribution < -0.4 is 5.32 Å². The van der Waals surface area contributed by atoms with E-state index in [2.05, 4.69) is 61.7 Å². The summed E-state index contributed by atoms with van der Waals surface area (Å²) >= 11 is 0. The molecule has 2 heteroatoms. The van der Waals surface area contributed by atoms with Gasteiger partial charge in [0.05, 0.1) is 0 Å². The van der Waals surface area contributed by atoms with Crippen molar-refractivity contribution in [1.29, 1.82) is 0 Å². The average molecular weight is 240 g/mol. The summed E-state index contributed by atoms with van der Waals surface area (Å²) in [5.41, 5.74) is 5.55. The molecule has 0 fully saturated rings. The lowest BCUT2D eigenvalue weighted by Gasteiger charge is -2.30. The number of nitrogens with one attached hydrogen (secondary N) is 2. The van der Waals surface area contributed by atoms with Gasteiger partial charge in [0.15, 0.2) is 0 Å². The highest BCUT2D eigenvalue weighted by atomic mass is 14.9. The summed E-state index contributed by atoms with van der Waals surface area (Å²) in [7, 11) is 2.06. The van der Waals surface area contributed by atoms with Gasteiger partial charge in [0, 0.05) is 29.1 Å². The number of hydrogen-bond acceptors (Lipinski definition) is 1. The van der Waals surface area contributed by atoms with E-state index in [1.54, 1.807) is 0 Å². The van der Waals surface area contributed by atoms with Crippen molar-refractivity contribution in [3.63, 3.8) is 0 Å². The summed E-state index contributed by atoms with van der Waals surface area (Å²) in [6.45, 7) is 4.36. The van der Waals surface area contributed by atoms with Gasteiger partial charge < -0.3 is 10.3 Å². The van der Waals surface area contributed by atoms with Gasteiger partial charge in [-0.3, -0.25) is 0 Å². The molecule has 1 aromatic heterocycles. The van der Waals surface area contributed by atoms with Crippen LogP contribution in [-0.4, -0.2) is 18.1 Å². The first-order valence-corrected chi connectivity index (χ1v) is 6.62. The Morgan fingerprint density at radius 2 is 2.22 bits per heavy atom. The minimum absolute atomic E-state index is 0.479. The second kappa shape index (κ2) is 4.29. The van der Waals surface area contributed by atoms with E-state index in [9.17, 15) is 0 Å². The Labute approximate surface area is 108 Å². The molecule has 2 N–H and O–H groups in total. The topological polar surface area (TPSA) is 27.8 Å². The number of aromatic nitrogens is 1. The standard InChI is InChI=1S/C16H20N2/c1-10(2)7-13-12-5-4-6-14-16(12)11(9-18-14)8-15(13)17-3/h4-7,9,13,15,17-18H,8H2,1-3H3/t13-,15-/m1/s1. The molecular formula is C16H20N2. The van der Waals surface area contributed by atoms with Gasteiger partial charge in [0.25, 0.3) is 0 Å². The Morgan fingerprint density at radius 1 is 1.39 bits per heavy atom. The summed E-state index contributed by atoms with van der Waals surface area (Å²) in [6, 6.07) is 7.09. The molecule has 0 spiro atoms. The molecule has 3 rings (SSSR count). The van der Waals surface area contributed by atoms with Gasteiger partial charge >= 0.3 is 0 Å². The monoisotopic (exact) mass is 240 g/mol. The quantitative estimate of drug-likeness (QED) is 0.774. The maximum atomic E-state index is 3.47. The van der Waals surface area contributed by atoms with Gasteiger partial charge in [0.1, 0.15) is 0 Å². The summed E-state index contributed by atoms with van der Waals surface area (Å²) < 4.78 is 0. The van der Waals surface area contributed by atoms with Gasteiger partial charge in [-0.2, -0.15) is 0 Å². The normalized spacial score (nSPS) is 22.2. The Hall–Kier alpha value is -1.54. The van der Waals surface area contributed by atoms with Crippen molar-refractivity contribution < 1.29 is 0 Å². The van der Waals surface area contributed by atoms with Crippen LogP contribution in [0.4, 0.5) is 0 Å². The maximum absolute atomic E-state index is 3.47. The maximum Gasteiger partial charge on any atom is 0.0459 e. The summed E-state index contributed by atoms with van der Waals surface area (Å²) in [6.07, 6.45) is 5.66. The van der Waals surface area contributed by atoms with Crippen molar-refractivity contribution >= 4 is 10.9 Å². The van der Waals surface area contributed by atoms with Crippen molar-refractivity contribution in [2.75, 3.05) is 7.05 Å². The highest BCUT2D eigenvalue weighted by molar-refractivity contribution is 5.88. The van der Waals surface area contributed by atoms with Crippen LogP contribution in [0.25, 0.3) is 10.9 Å². The molecular weight excluding hydrogens is 220 g/mol. The van der Waals surface area contributed by atoms with Crippen LogP contribution in [0.1, 0.15) is 30.9 Å². The predicted octanol–water partition coefficient (Wildman–Crippen LogP) is 3.36. The van der Waals surface area contributed by atoms with E-state index in [0.717, 1.165) is 6.42 Å². The third kappa shape index (κ3) is 1.68. The SMILES string of the molecule is CN[C@@H]1Cc2c[nH]c3cccc(c23)[C@H]1C=C(C)C. The second-order valence-electron chi connectivity index (χ2n) is 5.45. The number of hydrogen-bond donors (Lipinski definition) is 2. The average Bonchev–Trinajstić information content (AvgIpc) is 2.76. The molecule has 0 unspecified atom stereocenters. The zero-order valence-corrected chi connectivity index (χ0v) is 11.2. The molecule has 1 aliphatic rings. The van der Waals surface area contributed by atoms with Gasteiger partial charge in [-0.15, -0.1) is 0 Å². The lowest BCUT2D eigenvalue weighted by molar-refractivity contribution is 0.505. The first-order chi connectivity index (χ1) is 8.70. The van der Waals surface area contributed by atoms with E-state index in [0.29, 0.717) is 12.0 Å². The van der Waals surface area contributed by atoms with Crippen molar-refractivity contribution in [3.8, 4) is 0 Å². The zero-order valence-electron chi connectivity index (χ0n) is 11.2. The molecule has 0 amide bonds. The largest absolute Gasteiger partial charge is 0.361 e. The number of benzene rings is 1. The molecule has 2 atom stereocenters. The molecule has 0 aliphatic heterocycles. The van der Waals surface area contributed by atoms with Crippen LogP contribution in [0, 0.1) is 0 Å². The smallest absolute Gasteiger partial charge is 0.0459 e. The Morgan fingerprint density at radius 3 is 2.94 bits per heavy atom. The van der Waals surface area contributed by atoms with Crippen LogP contribution in [0.15, 0.2) is 36.0 Å². The van der Waals surface area contributed by atoms with E-state index in [1.165, 1.54) is 27.6 Å². The third-order valence-electron chi connectivity index (χ3n) is 3.94. The molecule has 1 aliphatic carbocycles. The summed E-state index contributed by atoms with van der Waals surface area (Å²) in [5.74, 6) is 0.479. The lowest BCUT2D eigenvalue weighted by atomic mass is 9.79. The van der Waals surface area contributed by atoms with Gasteiger partial charge in [0.2, 0.25) is 0 Å². The highest BCUT2D eigenvalue weighted by Crippen LogP contribution is 2.37. The van der Waals surface area contributed by atoms with Crippen LogP contribution in [-0.2, 0) is 6.42 Å². The zero-order chi connectivity index (χ0) is 12.7. The fourth-order valence-electron chi connectivity index (χ4n) is 3.15. The first kappa shape index (κ1) is 11.5. The van der Waals surface area contributed by atoms with E-state index in [1.807, 2.05) is 0 Å². The Kier molecular flexibility index (Phi) is 2.75. The highest BCUT2D eigenvalue weighted by Gasteiger charge is 2.28. The van der Waals surface area contributed by atoms with Crippen molar-refractivity contribution in [2.24, 2.45) is 0 Å². The number of likely N-dealkylation sites (N-methyl/N-ethyl adjacent to an activating group) is 1. The van der Waals surface area contributed by atoms with Crippen molar-refractivity contribution in [1.82, 2.24) is 10.3 Å². The second-order valence-corrected chi connectivity index (χ2v) is 5.45. The number of H-pyrrole nitrogens is 1. The number of aromatic amines is 1. The van der Waals surface area contributed by atoms with E-state index in [-0.39, 0.29) is 0 Å². The van der Waals surface area contributed by atoms with Gasteiger partial charge in [-0.1, -0.05) is 23.8 Å². The molecule has 0 saturated heterocycles. The van der Waals surface area contributed by atoms with Gasteiger partial charge in [-0.25, -0.2) is 0 Å². The molecule has 2 nitrogen and oxygen atoms in total. The number of allylic oxidation sites excluding steroid dienone is 1. The molecule has 0 saturated carbocycles. The van der Waals surface area contributed by atoms with Gasteiger partial charge in [-0.05, 0) is 44.5 Å². The van der Waals surface area contributed by atoms with Crippen molar-refractivity contribution in [2.45, 2.75) is 32.2 Å². The van der Waals surface area contributed by atoms with E-state index in [4.69, 9.17) is 0 Å².